The molecule has 6 nitrogen and oxygen atoms in total. The minimum absolute atomic E-state index is 0.118. The van der Waals surface area contributed by atoms with E-state index in [9.17, 15) is 9.50 Å². The molecule has 164 valence electrons. The summed E-state index contributed by atoms with van der Waals surface area (Å²) in [7, 11) is 0. The molecule has 0 atom stereocenters. The third kappa shape index (κ3) is 4.53. The highest BCUT2D eigenvalue weighted by Gasteiger charge is 2.17. The number of allylic oxidation sites excluding steroid dienone is 3. The summed E-state index contributed by atoms with van der Waals surface area (Å²) >= 11 is 0. The molecule has 1 N–H and O–H groups in total. The molecule has 1 fully saturated rings. The number of anilines is 1. The number of halogens is 1. The summed E-state index contributed by atoms with van der Waals surface area (Å²) in [6.45, 7) is 8.51. The van der Waals surface area contributed by atoms with E-state index in [-0.39, 0.29) is 5.75 Å². The first kappa shape index (κ1) is 21.6. The molecule has 0 aliphatic carbocycles. The summed E-state index contributed by atoms with van der Waals surface area (Å²) in [4.78, 5) is 15.3. The fraction of sp³-hybridized carbons (Fsp3) is 0.240. The zero-order valence-corrected chi connectivity index (χ0v) is 18.0. The van der Waals surface area contributed by atoms with Crippen LogP contribution < -0.4 is 4.90 Å². The molecule has 2 heterocycles. The van der Waals surface area contributed by atoms with E-state index in [0.717, 1.165) is 41.4 Å². The molecule has 0 bridgehead atoms. The van der Waals surface area contributed by atoms with Gasteiger partial charge >= 0.3 is 0 Å². The fourth-order valence-electron chi connectivity index (χ4n) is 3.77. The molecule has 1 saturated heterocycles. The van der Waals surface area contributed by atoms with Gasteiger partial charge in [-0.3, -0.25) is 4.99 Å². The Kier molecular flexibility index (Phi) is 6.56. The second-order valence-electron chi connectivity index (χ2n) is 7.45. The van der Waals surface area contributed by atoms with E-state index < -0.39 is 5.82 Å². The average molecular weight is 432 g/mol. The van der Waals surface area contributed by atoms with Crippen LogP contribution in [0, 0.1) is 5.82 Å². The van der Waals surface area contributed by atoms with Gasteiger partial charge in [0.05, 0.1) is 24.4 Å². The van der Waals surface area contributed by atoms with Crippen LogP contribution in [0.5, 0.6) is 5.75 Å². The first-order chi connectivity index (χ1) is 15.6. The fourth-order valence-corrected chi connectivity index (χ4v) is 3.77. The van der Waals surface area contributed by atoms with Gasteiger partial charge in [0, 0.05) is 59.7 Å². The van der Waals surface area contributed by atoms with Crippen molar-refractivity contribution >= 4 is 22.8 Å². The van der Waals surface area contributed by atoms with Crippen LogP contribution in [0.2, 0.25) is 0 Å². The number of ether oxygens (including phenoxy) is 1. The number of nitrogens with zero attached hydrogens (tertiary/aromatic N) is 4. The molecule has 2 aromatic carbocycles. The summed E-state index contributed by atoms with van der Waals surface area (Å²) in [5.74, 6) is -0.660. The molecule has 3 aromatic rings. The van der Waals surface area contributed by atoms with Gasteiger partial charge in [0.15, 0.2) is 0 Å². The van der Waals surface area contributed by atoms with Gasteiger partial charge in [-0.2, -0.15) is 0 Å². The van der Waals surface area contributed by atoms with Gasteiger partial charge in [-0.25, -0.2) is 14.4 Å². The number of morpholine rings is 1. The predicted octanol–water partition coefficient (Wildman–Crippen LogP) is 4.68. The van der Waals surface area contributed by atoms with Crippen molar-refractivity contribution in [1.29, 1.82) is 0 Å². The van der Waals surface area contributed by atoms with Gasteiger partial charge < -0.3 is 14.7 Å². The minimum atomic E-state index is -0.542. The van der Waals surface area contributed by atoms with Crippen LogP contribution >= 0.6 is 0 Å². The molecule has 4 rings (SSSR count). The summed E-state index contributed by atoms with van der Waals surface area (Å²) in [6, 6.07) is 8.68. The minimum Gasteiger partial charge on any atom is -0.508 e. The second-order valence-corrected chi connectivity index (χ2v) is 7.45. The number of benzene rings is 2. The largest absolute Gasteiger partial charge is 0.508 e. The zero-order valence-electron chi connectivity index (χ0n) is 18.0. The van der Waals surface area contributed by atoms with E-state index in [2.05, 4.69) is 26.4 Å². The molecule has 0 unspecified atom stereocenters. The van der Waals surface area contributed by atoms with Crippen molar-refractivity contribution < 1.29 is 14.2 Å². The quantitative estimate of drug-likeness (QED) is 0.573. The van der Waals surface area contributed by atoms with E-state index in [4.69, 9.17) is 4.74 Å². The van der Waals surface area contributed by atoms with E-state index in [1.807, 2.05) is 31.2 Å². The van der Waals surface area contributed by atoms with Gasteiger partial charge in [0.1, 0.15) is 17.9 Å². The molecular formula is C25H25FN4O2. The molecule has 0 radical (unpaired) electrons. The maximum atomic E-state index is 14.9. The molecule has 0 spiro atoms. The van der Waals surface area contributed by atoms with Crippen molar-refractivity contribution in [3.05, 3.63) is 72.5 Å². The molecule has 0 amide bonds. The second kappa shape index (κ2) is 9.70. The van der Waals surface area contributed by atoms with Gasteiger partial charge in [-0.05, 0) is 31.2 Å². The number of fused-ring (bicyclic) bond motifs is 1. The number of hydrogen-bond donors (Lipinski definition) is 1. The first-order valence-electron chi connectivity index (χ1n) is 10.5. The maximum absolute atomic E-state index is 14.9. The molecule has 32 heavy (non-hydrogen) atoms. The number of rotatable bonds is 6. The van der Waals surface area contributed by atoms with Crippen LogP contribution in [0.15, 0.2) is 66.1 Å². The van der Waals surface area contributed by atoms with E-state index >= 15 is 0 Å². The van der Waals surface area contributed by atoms with Crippen molar-refractivity contribution in [3.63, 3.8) is 0 Å². The van der Waals surface area contributed by atoms with Gasteiger partial charge in [0.2, 0.25) is 0 Å². The maximum Gasteiger partial charge on any atom is 0.136 e. The Hall–Kier alpha value is -3.58. The monoisotopic (exact) mass is 432 g/mol. The molecule has 1 aromatic heterocycles. The highest BCUT2D eigenvalue weighted by molar-refractivity contribution is 5.94. The standard InChI is InChI=1S/C25H25FN4O2/c1-3-7-27-18(4-2)12-17-13-21(22(26)15-24(17)31)25-20-6-5-19(14-23(20)28-16-29-25)30-8-10-32-11-9-30/h3-7,13-16,31H,1,8-12H2,2H3/b18-4-,27-7-. The van der Waals surface area contributed by atoms with Crippen LogP contribution in [0.3, 0.4) is 0 Å². The number of aromatic nitrogens is 2. The smallest absolute Gasteiger partial charge is 0.136 e. The number of phenols is 1. The van der Waals surface area contributed by atoms with Crippen LogP contribution in [0.1, 0.15) is 12.5 Å². The highest BCUT2D eigenvalue weighted by Crippen LogP contribution is 2.34. The third-order valence-corrected chi connectivity index (χ3v) is 5.47. The summed E-state index contributed by atoms with van der Waals surface area (Å²) in [5, 5.41) is 11.1. The SMILES string of the molecule is C=C/C=N\C(=C/C)Cc1cc(-c2ncnc3cc(N4CCOCC4)ccc23)c(F)cc1O. The average Bonchev–Trinajstić information content (AvgIpc) is 2.83. The molecule has 0 saturated carbocycles. The van der Waals surface area contributed by atoms with E-state index in [1.54, 1.807) is 18.4 Å². The van der Waals surface area contributed by atoms with Crippen molar-refractivity contribution in [2.45, 2.75) is 13.3 Å². The van der Waals surface area contributed by atoms with Crippen LogP contribution in [-0.2, 0) is 11.2 Å². The van der Waals surface area contributed by atoms with E-state index in [0.29, 0.717) is 36.5 Å². The van der Waals surface area contributed by atoms with Gasteiger partial charge in [0.25, 0.3) is 0 Å². The Balaban J connectivity index is 1.74. The van der Waals surface area contributed by atoms with Gasteiger partial charge in [-0.15, -0.1) is 0 Å². The number of hydrogen-bond acceptors (Lipinski definition) is 6. The Morgan fingerprint density at radius 1 is 1.25 bits per heavy atom. The Bertz CT molecular complexity index is 1200. The molecular weight excluding hydrogens is 407 g/mol. The van der Waals surface area contributed by atoms with Crippen molar-refractivity contribution in [2.75, 3.05) is 31.2 Å². The molecule has 1 aliphatic rings. The number of aromatic hydroxyl groups is 1. The summed E-state index contributed by atoms with van der Waals surface area (Å²) < 4.78 is 20.4. The first-order valence-corrected chi connectivity index (χ1v) is 10.5. The summed E-state index contributed by atoms with van der Waals surface area (Å²) in [6.07, 6.45) is 6.80. The lowest BCUT2D eigenvalue weighted by atomic mass is 10.00. The van der Waals surface area contributed by atoms with E-state index in [1.165, 1.54) is 6.33 Å². The number of phenolic OH excluding ortho intramolecular Hbond substituents is 1. The molecule has 7 heteroatoms. The molecule has 1 aliphatic heterocycles. The van der Waals surface area contributed by atoms with Crippen LogP contribution in [0.4, 0.5) is 10.1 Å². The number of aliphatic imine (C=N–C) groups is 1. The predicted molar refractivity (Wildman–Crippen MR) is 126 cm³/mol. The third-order valence-electron chi connectivity index (χ3n) is 5.47. The van der Waals surface area contributed by atoms with Crippen LogP contribution in [-0.4, -0.2) is 47.6 Å². The lowest BCUT2D eigenvalue weighted by molar-refractivity contribution is 0.122. The normalized spacial score (nSPS) is 14.9. The van der Waals surface area contributed by atoms with Gasteiger partial charge in [-0.1, -0.05) is 18.7 Å². The van der Waals surface area contributed by atoms with Crippen LogP contribution in [0.25, 0.3) is 22.2 Å². The zero-order chi connectivity index (χ0) is 22.5. The summed E-state index contributed by atoms with van der Waals surface area (Å²) in [5.41, 5.74) is 3.88. The van der Waals surface area contributed by atoms with Crippen molar-refractivity contribution in [2.24, 2.45) is 4.99 Å². The lowest BCUT2D eigenvalue weighted by Gasteiger charge is -2.29. The Labute approximate surface area is 186 Å². The Morgan fingerprint density at radius 2 is 2.06 bits per heavy atom. The van der Waals surface area contributed by atoms with Crippen molar-refractivity contribution in [3.8, 4) is 17.0 Å². The Morgan fingerprint density at radius 3 is 2.81 bits per heavy atom. The topological polar surface area (TPSA) is 70.8 Å². The highest BCUT2D eigenvalue weighted by atomic mass is 19.1. The lowest BCUT2D eigenvalue weighted by Crippen LogP contribution is -2.36. The van der Waals surface area contributed by atoms with Crippen molar-refractivity contribution in [1.82, 2.24) is 9.97 Å².